The van der Waals surface area contributed by atoms with Crippen molar-refractivity contribution in [1.82, 2.24) is 4.90 Å². The highest BCUT2D eigenvalue weighted by molar-refractivity contribution is 5.77. The van der Waals surface area contributed by atoms with E-state index in [-0.39, 0.29) is 5.91 Å². The summed E-state index contributed by atoms with van der Waals surface area (Å²) in [5.41, 5.74) is 1.00. The van der Waals surface area contributed by atoms with Crippen LogP contribution in [0.1, 0.15) is 18.9 Å². The molecule has 0 radical (unpaired) electrons. The van der Waals surface area contributed by atoms with Crippen LogP contribution in [0.4, 0.5) is 0 Å². The van der Waals surface area contributed by atoms with Gasteiger partial charge < -0.3 is 9.64 Å². The highest BCUT2D eigenvalue weighted by Gasteiger charge is 2.13. The second-order valence-electron chi connectivity index (χ2n) is 4.15. The number of para-hydroxylation sites is 1. The number of methoxy groups -OCH3 is 1. The summed E-state index contributed by atoms with van der Waals surface area (Å²) in [4.78, 5) is 13.9. The van der Waals surface area contributed by atoms with Crippen LogP contribution in [0, 0.1) is 0 Å². The third-order valence-electron chi connectivity index (χ3n) is 2.78. The molecule has 0 aliphatic rings. The van der Waals surface area contributed by atoms with E-state index in [2.05, 4.69) is 6.58 Å². The molecule has 0 aromatic heterocycles. The van der Waals surface area contributed by atoms with Gasteiger partial charge in [0, 0.05) is 25.1 Å². The number of amides is 1. The summed E-state index contributed by atoms with van der Waals surface area (Å²) >= 11 is 0. The Morgan fingerprint density at radius 1 is 1.42 bits per heavy atom. The summed E-state index contributed by atoms with van der Waals surface area (Å²) in [6.45, 7) is 6.68. The molecule has 19 heavy (non-hydrogen) atoms. The van der Waals surface area contributed by atoms with Gasteiger partial charge in [0.15, 0.2) is 0 Å². The lowest BCUT2D eigenvalue weighted by molar-refractivity contribution is -0.130. The molecule has 1 aromatic carbocycles. The van der Waals surface area contributed by atoms with Gasteiger partial charge in [-0.25, -0.2) is 0 Å². The standard InChI is InChI=1S/C16H21NO2/c1-4-6-11-16(18)17(12-5-2)13-14-9-7-8-10-15(14)19-3/h4-10H,2,11-13H2,1,3H3. The summed E-state index contributed by atoms with van der Waals surface area (Å²) in [5.74, 6) is 0.888. The monoisotopic (exact) mass is 259 g/mol. The maximum Gasteiger partial charge on any atom is 0.226 e. The van der Waals surface area contributed by atoms with E-state index in [1.165, 1.54) is 0 Å². The molecule has 0 atom stereocenters. The quantitative estimate of drug-likeness (QED) is 0.704. The summed E-state index contributed by atoms with van der Waals surface area (Å²) in [6.07, 6.45) is 5.90. The Bertz CT molecular complexity index is 452. The van der Waals surface area contributed by atoms with Gasteiger partial charge in [0.25, 0.3) is 0 Å². The molecule has 3 heteroatoms. The number of benzene rings is 1. The second-order valence-corrected chi connectivity index (χ2v) is 4.15. The zero-order valence-electron chi connectivity index (χ0n) is 11.6. The largest absolute Gasteiger partial charge is 0.496 e. The van der Waals surface area contributed by atoms with Gasteiger partial charge in [-0.1, -0.05) is 36.4 Å². The first-order chi connectivity index (χ1) is 9.22. The van der Waals surface area contributed by atoms with Gasteiger partial charge in [0.1, 0.15) is 5.75 Å². The van der Waals surface area contributed by atoms with Crippen LogP contribution < -0.4 is 4.74 Å². The summed E-state index contributed by atoms with van der Waals surface area (Å²) in [6, 6.07) is 7.73. The first-order valence-electron chi connectivity index (χ1n) is 6.34. The number of hydrogen-bond acceptors (Lipinski definition) is 2. The summed E-state index contributed by atoms with van der Waals surface area (Å²) in [5, 5.41) is 0. The number of hydrogen-bond donors (Lipinski definition) is 0. The van der Waals surface area contributed by atoms with E-state index in [9.17, 15) is 4.79 Å². The van der Waals surface area contributed by atoms with Crippen LogP contribution in [-0.4, -0.2) is 24.5 Å². The van der Waals surface area contributed by atoms with Gasteiger partial charge in [0.2, 0.25) is 5.91 Å². The average molecular weight is 259 g/mol. The van der Waals surface area contributed by atoms with E-state index in [0.717, 1.165) is 11.3 Å². The molecule has 0 unspecified atom stereocenters. The topological polar surface area (TPSA) is 29.5 Å². The lowest BCUT2D eigenvalue weighted by Crippen LogP contribution is -2.30. The van der Waals surface area contributed by atoms with E-state index in [1.54, 1.807) is 18.1 Å². The molecule has 1 aromatic rings. The van der Waals surface area contributed by atoms with Crippen molar-refractivity contribution in [3.05, 3.63) is 54.6 Å². The predicted molar refractivity (Wildman–Crippen MR) is 78.0 cm³/mol. The Hall–Kier alpha value is -2.03. The van der Waals surface area contributed by atoms with Crippen molar-refractivity contribution in [2.24, 2.45) is 0 Å². The molecule has 1 amide bonds. The van der Waals surface area contributed by atoms with Crippen molar-refractivity contribution in [3.8, 4) is 5.75 Å². The average Bonchev–Trinajstić information content (AvgIpc) is 2.44. The molecule has 0 bridgehead atoms. The number of rotatable bonds is 7. The van der Waals surface area contributed by atoms with Gasteiger partial charge in [0.05, 0.1) is 7.11 Å². The first kappa shape index (κ1) is 15.0. The first-order valence-corrected chi connectivity index (χ1v) is 6.34. The van der Waals surface area contributed by atoms with Crippen LogP contribution in [0.25, 0.3) is 0 Å². The van der Waals surface area contributed by atoms with Crippen LogP contribution in [0.2, 0.25) is 0 Å². The normalized spacial score (nSPS) is 10.4. The Labute approximate surface area is 115 Å². The van der Waals surface area contributed by atoms with E-state index < -0.39 is 0 Å². The number of nitrogens with zero attached hydrogens (tertiary/aromatic N) is 1. The second kappa shape index (κ2) is 8.14. The lowest BCUT2D eigenvalue weighted by atomic mass is 10.1. The third-order valence-corrected chi connectivity index (χ3v) is 2.78. The molecule has 3 nitrogen and oxygen atoms in total. The van der Waals surface area contributed by atoms with E-state index >= 15 is 0 Å². The van der Waals surface area contributed by atoms with E-state index in [0.29, 0.717) is 19.5 Å². The van der Waals surface area contributed by atoms with Gasteiger partial charge in [-0.3, -0.25) is 4.79 Å². The SMILES string of the molecule is C=CCN(Cc1ccccc1OC)C(=O)CC=CC. The minimum absolute atomic E-state index is 0.0870. The Morgan fingerprint density at radius 2 is 2.16 bits per heavy atom. The number of carbonyl (C=O) groups is 1. The Morgan fingerprint density at radius 3 is 2.79 bits per heavy atom. The maximum atomic E-state index is 12.1. The van der Waals surface area contributed by atoms with Gasteiger partial charge in [-0.2, -0.15) is 0 Å². The molecule has 0 saturated carbocycles. The molecular weight excluding hydrogens is 238 g/mol. The van der Waals surface area contributed by atoms with Crippen molar-refractivity contribution < 1.29 is 9.53 Å². The van der Waals surface area contributed by atoms with Gasteiger partial charge in [-0.15, -0.1) is 6.58 Å². The number of allylic oxidation sites excluding steroid dienone is 1. The molecule has 102 valence electrons. The van der Waals surface area contributed by atoms with Gasteiger partial charge in [-0.05, 0) is 13.0 Å². The van der Waals surface area contributed by atoms with Crippen LogP contribution >= 0.6 is 0 Å². The van der Waals surface area contributed by atoms with Crippen molar-refractivity contribution in [3.63, 3.8) is 0 Å². The third kappa shape index (κ3) is 4.62. The van der Waals surface area contributed by atoms with E-state index in [1.807, 2.05) is 43.3 Å². The summed E-state index contributed by atoms with van der Waals surface area (Å²) in [7, 11) is 1.64. The molecule has 0 spiro atoms. The van der Waals surface area contributed by atoms with Crippen molar-refractivity contribution in [1.29, 1.82) is 0 Å². The molecule has 0 aliphatic heterocycles. The Kier molecular flexibility index (Phi) is 6.44. The molecule has 1 rings (SSSR count). The fourth-order valence-corrected chi connectivity index (χ4v) is 1.80. The highest BCUT2D eigenvalue weighted by Crippen LogP contribution is 2.19. The van der Waals surface area contributed by atoms with Gasteiger partial charge >= 0.3 is 0 Å². The maximum absolute atomic E-state index is 12.1. The number of ether oxygens (including phenoxy) is 1. The molecular formula is C16H21NO2. The zero-order valence-corrected chi connectivity index (χ0v) is 11.6. The Balaban J connectivity index is 2.82. The molecule has 0 N–H and O–H groups in total. The van der Waals surface area contributed by atoms with Crippen LogP contribution in [0.3, 0.4) is 0 Å². The van der Waals surface area contributed by atoms with Crippen LogP contribution in [-0.2, 0) is 11.3 Å². The van der Waals surface area contributed by atoms with E-state index in [4.69, 9.17) is 4.74 Å². The lowest BCUT2D eigenvalue weighted by Gasteiger charge is -2.21. The van der Waals surface area contributed by atoms with Crippen molar-refractivity contribution in [2.75, 3.05) is 13.7 Å². The molecule has 0 aliphatic carbocycles. The van der Waals surface area contributed by atoms with Crippen molar-refractivity contribution in [2.45, 2.75) is 19.9 Å². The fourth-order valence-electron chi connectivity index (χ4n) is 1.80. The fraction of sp³-hybridized carbons (Fsp3) is 0.312. The smallest absolute Gasteiger partial charge is 0.226 e. The van der Waals surface area contributed by atoms with Crippen LogP contribution in [0.15, 0.2) is 49.1 Å². The predicted octanol–water partition coefficient (Wildman–Crippen LogP) is 3.18. The van der Waals surface area contributed by atoms with Crippen LogP contribution in [0.5, 0.6) is 5.75 Å². The molecule has 0 heterocycles. The highest BCUT2D eigenvalue weighted by atomic mass is 16.5. The minimum atomic E-state index is 0.0870. The minimum Gasteiger partial charge on any atom is -0.496 e. The molecule has 0 saturated heterocycles. The van der Waals surface area contributed by atoms with Crippen molar-refractivity contribution >= 4 is 5.91 Å². The molecule has 0 fully saturated rings. The number of carbonyl (C=O) groups excluding carboxylic acids is 1. The summed E-state index contributed by atoms with van der Waals surface area (Å²) < 4.78 is 5.31. The zero-order chi connectivity index (χ0) is 14.1.